The van der Waals surface area contributed by atoms with Gasteiger partial charge < -0.3 is 5.32 Å². The lowest BCUT2D eigenvalue weighted by Crippen LogP contribution is -2.40. The Morgan fingerprint density at radius 3 is 2.33 bits per heavy atom. The van der Waals surface area contributed by atoms with E-state index >= 15 is 0 Å². The summed E-state index contributed by atoms with van der Waals surface area (Å²) in [7, 11) is -3.62. The molecule has 0 bridgehead atoms. The fourth-order valence-electron chi connectivity index (χ4n) is 2.13. The number of rotatable bonds is 6. The molecule has 5 nitrogen and oxygen atoms in total. The minimum Gasteiger partial charge on any atom is -0.350 e. The second kappa shape index (κ2) is 7.44. The summed E-state index contributed by atoms with van der Waals surface area (Å²) in [5.74, 6) is -0.930. The number of hydrogen-bond acceptors (Lipinski definition) is 3. The summed E-state index contributed by atoms with van der Waals surface area (Å²) in [4.78, 5) is 12.1. The smallest absolute Gasteiger partial charge is 0.241 e. The molecule has 24 heavy (non-hydrogen) atoms. The van der Waals surface area contributed by atoms with Crippen molar-refractivity contribution in [2.24, 2.45) is 0 Å². The Balaban J connectivity index is 2.08. The first kappa shape index (κ1) is 17.9. The van der Waals surface area contributed by atoms with Crippen molar-refractivity contribution in [3.63, 3.8) is 0 Å². The topological polar surface area (TPSA) is 66.5 Å². The van der Waals surface area contributed by atoms with Gasteiger partial charge in [0.25, 0.3) is 0 Å². The van der Waals surface area contributed by atoms with Gasteiger partial charge in [-0.1, -0.05) is 35.9 Å². The lowest BCUT2D eigenvalue weighted by atomic mass is 10.2. The number of anilines is 1. The average molecular weight is 350 g/mol. The molecule has 0 fully saturated rings. The molecule has 2 rings (SSSR count). The van der Waals surface area contributed by atoms with Gasteiger partial charge in [0.2, 0.25) is 15.9 Å². The largest absolute Gasteiger partial charge is 0.350 e. The molecule has 0 radical (unpaired) electrons. The number of amides is 1. The highest BCUT2D eigenvalue weighted by atomic mass is 32.2. The second-order valence-electron chi connectivity index (χ2n) is 5.47. The number of sulfonamides is 1. The number of benzene rings is 2. The van der Waals surface area contributed by atoms with Gasteiger partial charge in [0.1, 0.15) is 12.4 Å². The van der Waals surface area contributed by atoms with Crippen molar-refractivity contribution < 1.29 is 17.6 Å². The number of nitrogens with zero attached hydrogens (tertiary/aromatic N) is 1. The number of hydrogen-bond donors (Lipinski definition) is 1. The fraction of sp³-hybridized carbons (Fsp3) is 0.235. The molecular weight excluding hydrogens is 331 g/mol. The minimum atomic E-state index is -3.62. The monoisotopic (exact) mass is 350 g/mol. The third-order valence-corrected chi connectivity index (χ3v) is 4.58. The fourth-order valence-corrected chi connectivity index (χ4v) is 2.99. The zero-order chi connectivity index (χ0) is 17.7. The zero-order valence-electron chi connectivity index (χ0n) is 13.5. The lowest BCUT2D eigenvalue weighted by molar-refractivity contribution is -0.119. The van der Waals surface area contributed by atoms with Crippen LogP contribution < -0.4 is 9.62 Å². The highest BCUT2D eigenvalue weighted by molar-refractivity contribution is 7.92. The van der Waals surface area contributed by atoms with Gasteiger partial charge in [0.05, 0.1) is 11.9 Å². The number of nitrogens with one attached hydrogen (secondary N) is 1. The van der Waals surface area contributed by atoms with Crippen LogP contribution in [0.15, 0.2) is 48.5 Å². The predicted octanol–water partition coefficient (Wildman–Crippen LogP) is 2.22. The number of carbonyl (C=O) groups is 1. The standard InChI is InChI=1S/C17H19FN2O3S/c1-13-7-9-15(10-8-13)20(24(2,22)23)12-17(21)19-11-14-5-3-4-6-16(14)18/h3-10H,11-12H2,1-2H3,(H,19,21). The van der Waals surface area contributed by atoms with Crippen LogP contribution in [0.1, 0.15) is 11.1 Å². The van der Waals surface area contributed by atoms with Gasteiger partial charge in [-0.2, -0.15) is 0 Å². The Bertz CT molecular complexity index is 820. The average Bonchev–Trinajstić information content (AvgIpc) is 2.52. The first-order valence-corrected chi connectivity index (χ1v) is 9.16. The first-order valence-electron chi connectivity index (χ1n) is 7.32. The summed E-state index contributed by atoms with van der Waals surface area (Å²) in [6, 6.07) is 12.9. The van der Waals surface area contributed by atoms with E-state index < -0.39 is 21.7 Å². The molecule has 1 N–H and O–H groups in total. The molecule has 7 heteroatoms. The SMILES string of the molecule is Cc1ccc(N(CC(=O)NCc2ccccc2F)S(C)(=O)=O)cc1. The molecule has 0 aliphatic rings. The Kier molecular flexibility index (Phi) is 5.56. The summed E-state index contributed by atoms with van der Waals surface area (Å²) >= 11 is 0. The number of halogens is 1. The van der Waals surface area contributed by atoms with Crippen molar-refractivity contribution >= 4 is 21.6 Å². The molecule has 0 aliphatic heterocycles. The van der Waals surface area contributed by atoms with Gasteiger partial charge in [-0.15, -0.1) is 0 Å². The summed E-state index contributed by atoms with van der Waals surface area (Å²) < 4.78 is 38.5. The number of aryl methyl sites for hydroxylation is 1. The van der Waals surface area contributed by atoms with Gasteiger partial charge in [-0.25, -0.2) is 12.8 Å². The third-order valence-electron chi connectivity index (χ3n) is 3.44. The maximum atomic E-state index is 13.5. The van der Waals surface area contributed by atoms with E-state index in [1.165, 1.54) is 6.07 Å². The van der Waals surface area contributed by atoms with Crippen LogP contribution >= 0.6 is 0 Å². The zero-order valence-corrected chi connectivity index (χ0v) is 14.3. The summed E-state index contributed by atoms with van der Waals surface area (Å²) in [5, 5.41) is 2.54. The Morgan fingerprint density at radius 2 is 1.75 bits per heavy atom. The van der Waals surface area contributed by atoms with E-state index in [0.717, 1.165) is 16.1 Å². The summed E-state index contributed by atoms with van der Waals surface area (Å²) in [5.41, 5.74) is 1.73. The van der Waals surface area contributed by atoms with Crippen LogP contribution in [0.4, 0.5) is 10.1 Å². The van der Waals surface area contributed by atoms with Crippen LogP contribution in [0, 0.1) is 12.7 Å². The maximum Gasteiger partial charge on any atom is 0.241 e. The second-order valence-corrected chi connectivity index (χ2v) is 7.38. The predicted molar refractivity (Wildman–Crippen MR) is 91.6 cm³/mol. The molecule has 0 heterocycles. The molecule has 0 spiro atoms. The van der Waals surface area contributed by atoms with E-state index in [9.17, 15) is 17.6 Å². The van der Waals surface area contributed by atoms with Crippen molar-refractivity contribution in [3.8, 4) is 0 Å². The van der Waals surface area contributed by atoms with Crippen molar-refractivity contribution in [1.29, 1.82) is 0 Å². The number of carbonyl (C=O) groups excluding carboxylic acids is 1. The van der Waals surface area contributed by atoms with Crippen LogP contribution in [0.3, 0.4) is 0 Å². The van der Waals surface area contributed by atoms with Crippen LogP contribution in [-0.4, -0.2) is 27.1 Å². The van der Waals surface area contributed by atoms with Gasteiger partial charge >= 0.3 is 0 Å². The molecule has 2 aromatic rings. The lowest BCUT2D eigenvalue weighted by Gasteiger charge is -2.22. The van der Waals surface area contributed by atoms with E-state index in [4.69, 9.17) is 0 Å². The Labute approximate surface area is 141 Å². The van der Waals surface area contributed by atoms with Gasteiger partial charge in [-0.05, 0) is 25.1 Å². The van der Waals surface area contributed by atoms with Crippen LogP contribution in [0.25, 0.3) is 0 Å². The first-order chi connectivity index (χ1) is 11.3. The van der Waals surface area contributed by atoms with Crippen molar-refractivity contribution in [3.05, 3.63) is 65.5 Å². The summed E-state index contributed by atoms with van der Waals surface area (Å²) in [6.07, 6.45) is 1.04. The van der Waals surface area contributed by atoms with Crippen LogP contribution in [0.2, 0.25) is 0 Å². The van der Waals surface area contributed by atoms with Crippen LogP contribution in [-0.2, 0) is 21.4 Å². The molecule has 128 valence electrons. The van der Waals surface area contributed by atoms with Gasteiger partial charge in [-0.3, -0.25) is 9.10 Å². The molecule has 0 aromatic heterocycles. The highest BCUT2D eigenvalue weighted by Gasteiger charge is 2.20. The third kappa shape index (κ3) is 4.79. The normalized spacial score (nSPS) is 11.1. The van der Waals surface area contributed by atoms with Crippen molar-refractivity contribution in [2.45, 2.75) is 13.5 Å². The Hall–Kier alpha value is -2.41. The van der Waals surface area contributed by atoms with Crippen molar-refractivity contribution in [1.82, 2.24) is 5.32 Å². The summed E-state index contributed by atoms with van der Waals surface area (Å²) in [6.45, 7) is 1.52. The van der Waals surface area contributed by atoms with E-state index in [0.29, 0.717) is 11.3 Å². The molecule has 0 saturated carbocycles. The molecule has 2 aromatic carbocycles. The van der Waals surface area contributed by atoms with Gasteiger partial charge in [0.15, 0.2) is 0 Å². The van der Waals surface area contributed by atoms with E-state index in [2.05, 4.69) is 5.32 Å². The minimum absolute atomic E-state index is 0.00297. The Morgan fingerprint density at radius 1 is 1.12 bits per heavy atom. The highest BCUT2D eigenvalue weighted by Crippen LogP contribution is 2.17. The molecule has 0 saturated heterocycles. The maximum absolute atomic E-state index is 13.5. The van der Waals surface area contributed by atoms with E-state index in [1.807, 2.05) is 6.92 Å². The quantitative estimate of drug-likeness (QED) is 0.869. The van der Waals surface area contributed by atoms with Crippen LogP contribution in [0.5, 0.6) is 0 Å². The molecule has 0 unspecified atom stereocenters. The van der Waals surface area contributed by atoms with E-state index in [-0.39, 0.29) is 13.1 Å². The van der Waals surface area contributed by atoms with E-state index in [1.54, 1.807) is 42.5 Å². The van der Waals surface area contributed by atoms with Gasteiger partial charge in [0, 0.05) is 12.1 Å². The molecule has 0 atom stereocenters. The molecular formula is C17H19FN2O3S. The molecule has 0 aliphatic carbocycles. The van der Waals surface area contributed by atoms with Crippen molar-refractivity contribution in [2.75, 3.05) is 17.1 Å². The molecule has 1 amide bonds.